The normalized spacial score (nSPS) is 16.6. The Morgan fingerprint density at radius 2 is 2.05 bits per heavy atom. The number of piperazine rings is 1. The van der Waals surface area contributed by atoms with Crippen molar-refractivity contribution in [3.8, 4) is 0 Å². The number of rotatable bonds is 4. The van der Waals surface area contributed by atoms with Crippen molar-refractivity contribution < 1.29 is 4.52 Å². The molecule has 0 bridgehead atoms. The minimum Gasteiger partial charge on any atom is -0.354 e. The zero-order valence-corrected chi connectivity index (χ0v) is 11.3. The molecule has 2 aromatic heterocycles. The zero-order chi connectivity index (χ0) is 13.8. The van der Waals surface area contributed by atoms with Gasteiger partial charge in [-0.2, -0.15) is 4.98 Å². The molecule has 0 unspecified atom stereocenters. The van der Waals surface area contributed by atoms with Gasteiger partial charge in [-0.3, -0.25) is 4.90 Å². The number of nitrogens with two attached hydrogens (primary N) is 1. The van der Waals surface area contributed by atoms with Gasteiger partial charge in [0.15, 0.2) is 5.82 Å². The lowest BCUT2D eigenvalue weighted by molar-refractivity contribution is 0.239. The topological polar surface area (TPSA) is 84.3 Å². The molecule has 0 amide bonds. The molecule has 0 radical (unpaired) electrons. The van der Waals surface area contributed by atoms with E-state index < -0.39 is 0 Å². The summed E-state index contributed by atoms with van der Waals surface area (Å²) in [6.07, 6.45) is 1.83. The molecule has 3 heterocycles. The van der Waals surface area contributed by atoms with Crippen LogP contribution in [0, 0.1) is 0 Å². The lowest BCUT2D eigenvalue weighted by Crippen LogP contribution is -2.46. The first-order valence-electron chi connectivity index (χ1n) is 6.75. The van der Waals surface area contributed by atoms with Crippen LogP contribution in [0.15, 0.2) is 28.9 Å². The number of nitrogens with zero attached hydrogens (tertiary/aromatic N) is 5. The lowest BCUT2D eigenvalue weighted by Gasteiger charge is -2.34. The highest BCUT2D eigenvalue weighted by molar-refractivity contribution is 5.38. The molecule has 1 fully saturated rings. The van der Waals surface area contributed by atoms with Crippen LogP contribution in [0.3, 0.4) is 0 Å². The summed E-state index contributed by atoms with van der Waals surface area (Å²) in [4.78, 5) is 13.2. The van der Waals surface area contributed by atoms with Crippen molar-refractivity contribution in [3.05, 3.63) is 36.1 Å². The van der Waals surface area contributed by atoms with Crippen LogP contribution < -0.4 is 10.6 Å². The van der Waals surface area contributed by atoms with E-state index in [1.165, 1.54) is 0 Å². The van der Waals surface area contributed by atoms with Crippen LogP contribution in [0.2, 0.25) is 0 Å². The van der Waals surface area contributed by atoms with Crippen LogP contribution >= 0.6 is 0 Å². The van der Waals surface area contributed by atoms with E-state index in [4.69, 9.17) is 10.3 Å². The summed E-state index contributed by atoms with van der Waals surface area (Å²) >= 11 is 0. The monoisotopic (exact) mass is 274 g/mol. The van der Waals surface area contributed by atoms with Crippen molar-refractivity contribution in [1.82, 2.24) is 20.0 Å². The van der Waals surface area contributed by atoms with Gasteiger partial charge in [-0.25, -0.2) is 4.98 Å². The predicted molar refractivity (Wildman–Crippen MR) is 73.9 cm³/mol. The third kappa shape index (κ3) is 2.94. The molecule has 0 aromatic carbocycles. The Morgan fingerprint density at radius 1 is 1.20 bits per heavy atom. The van der Waals surface area contributed by atoms with Crippen molar-refractivity contribution in [2.45, 2.75) is 13.1 Å². The van der Waals surface area contributed by atoms with Gasteiger partial charge in [0.1, 0.15) is 5.82 Å². The molecule has 20 heavy (non-hydrogen) atoms. The van der Waals surface area contributed by atoms with Gasteiger partial charge in [0, 0.05) is 32.4 Å². The van der Waals surface area contributed by atoms with E-state index >= 15 is 0 Å². The van der Waals surface area contributed by atoms with E-state index in [-0.39, 0.29) is 0 Å². The first-order valence-corrected chi connectivity index (χ1v) is 6.75. The minimum absolute atomic E-state index is 0.292. The smallest absolute Gasteiger partial charge is 0.240 e. The Bertz CT molecular complexity index is 535. The number of hydrogen-bond donors (Lipinski definition) is 1. The summed E-state index contributed by atoms with van der Waals surface area (Å²) in [6.45, 7) is 4.84. The first-order chi connectivity index (χ1) is 9.85. The van der Waals surface area contributed by atoms with Gasteiger partial charge < -0.3 is 15.2 Å². The second kappa shape index (κ2) is 5.98. The molecular formula is C13H18N6O. The van der Waals surface area contributed by atoms with E-state index in [1.807, 2.05) is 24.4 Å². The fourth-order valence-electron chi connectivity index (χ4n) is 2.31. The second-order valence-corrected chi connectivity index (χ2v) is 4.76. The summed E-state index contributed by atoms with van der Waals surface area (Å²) in [6, 6.07) is 6.00. The minimum atomic E-state index is 0.292. The fourth-order valence-corrected chi connectivity index (χ4v) is 2.31. The highest BCUT2D eigenvalue weighted by Gasteiger charge is 2.19. The van der Waals surface area contributed by atoms with Crippen molar-refractivity contribution >= 4 is 5.82 Å². The lowest BCUT2D eigenvalue weighted by atomic mass is 10.3. The summed E-state index contributed by atoms with van der Waals surface area (Å²) < 4.78 is 5.01. The predicted octanol–water partition coefficient (Wildman–Crippen LogP) is 0.245. The molecule has 0 aliphatic carbocycles. The standard InChI is InChI=1S/C13H18N6O/c14-9-13-16-11(17-20-13)10-18-5-7-19(8-6-18)12-3-1-2-4-15-12/h1-4H,5-10,14H2. The Labute approximate surface area is 117 Å². The van der Waals surface area contributed by atoms with E-state index in [1.54, 1.807) is 0 Å². The Morgan fingerprint density at radius 3 is 2.70 bits per heavy atom. The molecule has 1 saturated heterocycles. The zero-order valence-electron chi connectivity index (χ0n) is 11.3. The Hall–Kier alpha value is -1.99. The van der Waals surface area contributed by atoms with Crippen LogP contribution in [0.1, 0.15) is 11.7 Å². The SMILES string of the molecule is NCc1nc(CN2CCN(c3ccccn3)CC2)no1. The molecule has 0 atom stereocenters. The van der Waals surface area contributed by atoms with Gasteiger partial charge in [-0.15, -0.1) is 0 Å². The second-order valence-electron chi connectivity index (χ2n) is 4.76. The summed E-state index contributed by atoms with van der Waals surface area (Å²) in [5, 5.41) is 3.92. The van der Waals surface area contributed by atoms with Gasteiger partial charge in [0.2, 0.25) is 5.89 Å². The fraction of sp³-hybridized carbons (Fsp3) is 0.462. The third-order valence-corrected chi connectivity index (χ3v) is 3.40. The molecule has 1 aliphatic rings. The van der Waals surface area contributed by atoms with Crippen LogP contribution in [-0.2, 0) is 13.1 Å². The summed E-state index contributed by atoms with van der Waals surface area (Å²) in [5.41, 5.74) is 5.46. The van der Waals surface area contributed by atoms with Crippen molar-refractivity contribution in [1.29, 1.82) is 0 Å². The quantitative estimate of drug-likeness (QED) is 0.855. The third-order valence-electron chi connectivity index (χ3n) is 3.40. The maximum atomic E-state index is 5.46. The van der Waals surface area contributed by atoms with Gasteiger partial charge in [0.25, 0.3) is 0 Å². The van der Waals surface area contributed by atoms with E-state index in [9.17, 15) is 0 Å². The molecular weight excluding hydrogens is 256 g/mol. The van der Waals surface area contributed by atoms with Crippen LogP contribution in [0.5, 0.6) is 0 Å². The molecule has 1 aliphatic heterocycles. The highest BCUT2D eigenvalue weighted by atomic mass is 16.5. The number of pyridine rings is 1. The van der Waals surface area contributed by atoms with Crippen LogP contribution in [0.25, 0.3) is 0 Å². The maximum absolute atomic E-state index is 5.46. The van der Waals surface area contributed by atoms with Crippen molar-refractivity contribution in [2.75, 3.05) is 31.1 Å². The van der Waals surface area contributed by atoms with Gasteiger partial charge in [-0.05, 0) is 12.1 Å². The Kier molecular flexibility index (Phi) is 3.89. The summed E-state index contributed by atoms with van der Waals surface area (Å²) in [5.74, 6) is 2.24. The summed E-state index contributed by atoms with van der Waals surface area (Å²) in [7, 11) is 0. The number of anilines is 1. The molecule has 106 valence electrons. The van der Waals surface area contributed by atoms with E-state index in [0.29, 0.717) is 24.8 Å². The van der Waals surface area contributed by atoms with Crippen LogP contribution in [-0.4, -0.2) is 46.2 Å². The molecule has 7 heteroatoms. The average molecular weight is 274 g/mol. The largest absolute Gasteiger partial charge is 0.354 e. The molecule has 7 nitrogen and oxygen atoms in total. The van der Waals surface area contributed by atoms with Gasteiger partial charge in [-0.1, -0.05) is 11.2 Å². The molecule has 2 aromatic rings. The van der Waals surface area contributed by atoms with Crippen LogP contribution in [0.4, 0.5) is 5.82 Å². The Balaban J connectivity index is 1.53. The van der Waals surface area contributed by atoms with Crippen molar-refractivity contribution in [3.63, 3.8) is 0 Å². The highest BCUT2D eigenvalue weighted by Crippen LogP contribution is 2.13. The van der Waals surface area contributed by atoms with E-state index in [2.05, 4.69) is 24.9 Å². The number of aromatic nitrogens is 3. The molecule has 0 saturated carbocycles. The molecule has 0 spiro atoms. The molecule has 3 rings (SSSR count). The van der Waals surface area contributed by atoms with E-state index in [0.717, 1.165) is 32.0 Å². The van der Waals surface area contributed by atoms with Gasteiger partial charge in [0.05, 0.1) is 13.1 Å². The maximum Gasteiger partial charge on any atom is 0.240 e. The van der Waals surface area contributed by atoms with Gasteiger partial charge >= 0.3 is 0 Å². The molecule has 2 N–H and O–H groups in total. The first kappa shape index (κ1) is 13.0. The van der Waals surface area contributed by atoms with Crippen molar-refractivity contribution in [2.24, 2.45) is 5.73 Å². The average Bonchev–Trinajstić information content (AvgIpc) is 2.97. The number of hydrogen-bond acceptors (Lipinski definition) is 7.